The Morgan fingerprint density at radius 2 is 1.72 bits per heavy atom. The van der Waals surface area contributed by atoms with Crippen molar-refractivity contribution in [2.45, 2.75) is 39.0 Å². The summed E-state index contributed by atoms with van der Waals surface area (Å²) in [5.41, 5.74) is 2.98. The third-order valence-corrected chi connectivity index (χ3v) is 5.99. The molecule has 1 heterocycles. The lowest BCUT2D eigenvalue weighted by molar-refractivity contribution is -0.121. The summed E-state index contributed by atoms with van der Waals surface area (Å²) in [5.74, 6) is 0.502. The lowest BCUT2D eigenvalue weighted by Gasteiger charge is -2.43. The normalized spacial score (nSPS) is 21.2. The van der Waals surface area contributed by atoms with Crippen molar-refractivity contribution >= 4 is 29.0 Å². The molecule has 0 spiro atoms. The first kappa shape index (κ1) is 19.7. The van der Waals surface area contributed by atoms with E-state index in [1.165, 1.54) is 0 Å². The van der Waals surface area contributed by atoms with Gasteiger partial charge in [-0.3, -0.25) is 14.5 Å². The molecule has 0 saturated heterocycles. The second-order valence-electron chi connectivity index (χ2n) is 8.51. The molecule has 1 aliphatic carbocycles. The largest absolute Gasteiger partial charge is 0.496 e. The topological polar surface area (TPSA) is 46.6 Å². The average molecular weight is 410 g/mol. The number of ketones is 1. The van der Waals surface area contributed by atoms with Crippen molar-refractivity contribution in [1.29, 1.82) is 0 Å². The van der Waals surface area contributed by atoms with E-state index in [-0.39, 0.29) is 29.4 Å². The Hall–Kier alpha value is -2.59. The molecule has 1 aliphatic heterocycles. The van der Waals surface area contributed by atoms with Crippen LogP contribution in [0.4, 0.5) is 5.69 Å². The van der Waals surface area contributed by atoms with E-state index in [1.807, 2.05) is 36.4 Å². The number of benzene rings is 2. The maximum Gasteiger partial charge on any atom is 0.232 e. The molecule has 0 fully saturated rings. The number of ether oxygens (including phenoxy) is 1. The molecular weight excluding hydrogens is 386 g/mol. The number of hydrogen-bond donors (Lipinski definition) is 0. The van der Waals surface area contributed by atoms with Gasteiger partial charge >= 0.3 is 0 Å². The SMILES string of the molecule is COc1ccccc1C1CC(=O)N(c2ccc(Cl)cc2)C2=C1C(=O)CC(C)(C)C2. The molecule has 4 rings (SSSR count). The Kier molecular flexibility index (Phi) is 4.99. The summed E-state index contributed by atoms with van der Waals surface area (Å²) in [4.78, 5) is 28.4. The molecule has 29 heavy (non-hydrogen) atoms. The Balaban J connectivity index is 1.91. The number of hydrogen-bond acceptors (Lipinski definition) is 3. The van der Waals surface area contributed by atoms with E-state index < -0.39 is 0 Å². The monoisotopic (exact) mass is 409 g/mol. The first-order valence-corrected chi connectivity index (χ1v) is 10.2. The zero-order valence-corrected chi connectivity index (χ0v) is 17.6. The number of halogens is 1. The van der Waals surface area contributed by atoms with Gasteiger partial charge < -0.3 is 4.74 Å². The van der Waals surface area contributed by atoms with Crippen LogP contribution in [0, 0.1) is 5.41 Å². The number of amides is 1. The fraction of sp³-hybridized carbons (Fsp3) is 0.333. The first-order valence-electron chi connectivity index (χ1n) is 9.78. The Morgan fingerprint density at radius 1 is 1.03 bits per heavy atom. The molecular formula is C24H24ClNO3. The number of anilines is 1. The third-order valence-electron chi connectivity index (χ3n) is 5.74. The second-order valence-corrected chi connectivity index (χ2v) is 8.94. The lowest BCUT2D eigenvalue weighted by Crippen LogP contribution is -2.43. The van der Waals surface area contributed by atoms with Crippen molar-refractivity contribution in [3.8, 4) is 5.75 Å². The molecule has 1 unspecified atom stereocenters. The molecule has 0 bridgehead atoms. The van der Waals surface area contributed by atoms with Gasteiger partial charge in [0.2, 0.25) is 5.91 Å². The lowest BCUT2D eigenvalue weighted by atomic mass is 9.69. The number of allylic oxidation sites excluding steroid dienone is 2. The molecule has 1 atom stereocenters. The number of methoxy groups -OCH3 is 1. The summed E-state index contributed by atoms with van der Waals surface area (Å²) in [6.07, 6.45) is 1.36. The minimum atomic E-state index is -0.291. The number of Topliss-reactive ketones (excluding diaryl/α,β-unsaturated/α-hetero) is 1. The maximum atomic E-state index is 13.3. The van der Waals surface area contributed by atoms with Crippen molar-refractivity contribution < 1.29 is 14.3 Å². The van der Waals surface area contributed by atoms with E-state index >= 15 is 0 Å². The molecule has 150 valence electrons. The van der Waals surface area contributed by atoms with Crippen LogP contribution < -0.4 is 9.64 Å². The van der Waals surface area contributed by atoms with Crippen molar-refractivity contribution in [2.24, 2.45) is 5.41 Å². The fourth-order valence-electron chi connectivity index (χ4n) is 4.53. The van der Waals surface area contributed by atoms with Gasteiger partial charge in [-0.25, -0.2) is 0 Å². The van der Waals surface area contributed by atoms with Crippen LogP contribution in [0.5, 0.6) is 5.75 Å². The molecule has 2 aromatic rings. The van der Waals surface area contributed by atoms with Gasteiger partial charge in [0.05, 0.1) is 7.11 Å². The van der Waals surface area contributed by atoms with Gasteiger partial charge in [0.15, 0.2) is 5.78 Å². The molecule has 5 heteroatoms. The van der Waals surface area contributed by atoms with Crippen LogP contribution in [-0.2, 0) is 9.59 Å². The van der Waals surface area contributed by atoms with Gasteiger partial charge in [0.1, 0.15) is 5.75 Å². The van der Waals surface area contributed by atoms with Crippen LogP contribution in [0.1, 0.15) is 44.6 Å². The predicted octanol–water partition coefficient (Wildman–Crippen LogP) is 5.51. The highest BCUT2D eigenvalue weighted by molar-refractivity contribution is 6.30. The van der Waals surface area contributed by atoms with Crippen LogP contribution >= 0.6 is 11.6 Å². The predicted molar refractivity (Wildman–Crippen MR) is 114 cm³/mol. The first-order chi connectivity index (χ1) is 13.8. The van der Waals surface area contributed by atoms with E-state index in [2.05, 4.69) is 13.8 Å². The standard InChI is InChI=1S/C24H24ClNO3/c1-24(2)13-19-23(20(27)14-24)18(17-6-4-5-7-21(17)29-3)12-22(28)26(19)16-10-8-15(25)9-11-16/h4-11,18H,12-14H2,1-3H3. The number of rotatable bonds is 3. The van der Waals surface area contributed by atoms with Gasteiger partial charge in [-0.2, -0.15) is 0 Å². The van der Waals surface area contributed by atoms with Gasteiger partial charge in [-0.15, -0.1) is 0 Å². The van der Waals surface area contributed by atoms with Crippen molar-refractivity contribution in [3.63, 3.8) is 0 Å². The highest BCUT2D eigenvalue weighted by Gasteiger charge is 2.44. The molecule has 0 N–H and O–H groups in total. The number of carbonyl (C=O) groups is 2. The number of nitrogens with zero attached hydrogens (tertiary/aromatic N) is 1. The van der Waals surface area contributed by atoms with Crippen molar-refractivity contribution in [1.82, 2.24) is 0 Å². The van der Waals surface area contributed by atoms with E-state index in [4.69, 9.17) is 16.3 Å². The third kappa shape index (κ3) is 3.58. The minimum Gasteiger partial charge on any atom is -0.496 e. The van der Waals surface area contributed by atoms with Crippen LogP contribution in [0.15, 0.2) is 59.8 Å². The van der Waals surface area contributed by atoms with Gasteiger partial charge in [0, 0.05) is 46.3 Å². The average Bonchev–Trinajstić information content (AvgIpc) is 2.67. The smallest absolute Gasteiger partial charge is 0.232 e. The van der Waals surface area contributed by atoms with Crippen LogP contribution in [0.2, 0.25) is 5.02 Å². The number of para-hydroxylation sites is 1. The Labute approximate surface area is 176 Å². The van der Waals surface area contributed by atoms with Crippen LogP contribution in [-0.4, -0.2) is 18.8 Å². The molecule has 0 aromatic heterocycles. The van der Waals surface area contributed by atoms with E-state index in [0.717, 1.165) is 22.5 Å². The van der Waals surface area contributed by atoms with Gasteiger partial charge in [-0.1, -0.05) is 43.6 Å². The van der Waals surface area contributed by atoms with Gasteiger partial charge in [-0.05, 0) is 42.2 Å². The van der Waals surface area contributed by atoms with E-state index in [9.17, 15) is 9.59 Å². The fourth-order valence-corrected chi connectivity index (χ4v) is 4.65. The minimum absolute atomic E-state index is 0.0209. The van der Waals surface area contributed by atoms with E-state index in [1.54, 1.807) is 24.1 Å². The molecule has 2 aromatic carbocycles. The molecule has 4 nitrogen and oxygen atoms in total. The zero-order valence-electron chi connectivity index (χ0n) is 16.9. The molecule has 1 amide bonds. The van der Waals surface area contributed by atoms with E-state index in [0.29, 0.717) is 23.6 Å². The molecule has 2 aliphatic rings. The highest BCUT2D eigenvalue weighted by atomic mass is 35.5. The summed E-state index contributed by atoms with van der Waals surface area (Å²) in [6, 6.07) is 14.9. The highest BCUT2D eigenvalue weighted by Crippen LogP contribution is 2.49. The van der Waals surface area contributed by atoms with Gasteiger partial charge in [0.25, 0.3) is 0 Å². The van der Waals surface area contributed by atoms with Crippen LogP contribution in [0.3, 0.4) is 0 Å². The number of carbonyl (C=O) groups excluding carboxylic acids is 2. The summed E-state index contributed by atoms with van der Waals surface area (Å²) in [7, 11) is 1.62. The molecule has 0 saturated carbocycles. The second kappa shape index (κ2) is 7.34. The maximum absolute atomic E-state index is 13.3. The quantitative estimate of drug-likeness (QED) is 0.671. The molecule has 0 radical (unpaired) electrons. The Morgan fingerprint density at radius 3 is 2.41 bits per heavy atom. The van der Waals surface area contributed by atoms with Crippen LogP contribution in [0.25, 0.3) is 0 Å². The van der Waals surface area contributed by atoms with Crippen molar-refractivity contribution in [3.05, 3.63) is 70.4 Å². The summed E-state index contributed by atoms with van der Waals surface area (Å²) in [5, 5.41) is 0.611. The summed E-state index contributed by atoms with van der Waals surface area (Å²) >= 11 is 6.05. The summed E-state index contributed by atoms with van der Waals surface area (Å²) < 4.78 is 5.54. The van der Waals surface area contributed by atoms with Crippen molar-refractivity contribution in [2.75, 3.05) is 12.0 Å². The summed E-state index contributed by atoms with van der Waals surface area (Å²) in [6.45, 7) is 4.15. The Bertz CT molecular complexity index is 1010. The zero-order chi connectivity index (χ0) is 20.8.